The van der Waals surface area contributed by atoms with E-state index in [0.717, 1.165) is 25.9 Å². The average molecular weight is 278 g/mol. The second-order valence-electron chi connectivity index (χ2n) is 6.19. The van der Waals surface area contributed by atoms with Crippen molar-refractivity contribution in [2.75, 3.05) is 18.9 Å². The lowest BCUT2D eigenvalue weighted by atomic mass is 10.1. The molecule has 112 valence electrons. The lowest BCUT2D eigenvalue weighted by Gasteiger charge is -2.24. The van der Waals surface area contributed by atoms with Crippen LogP contribution in [0.4, 0.5) is 0 Å². The first-order chi connectivity index (χ1) is 9.40. The highest BCUT2D eigenvalue weighted by molar-refractivity contribution is 5.93. The first-order valence-corrected chi connectivity index (χ1v) is 7.45. The van der Waals surface area contributed by atoms with Crippen molar-refractivity contribution >= 4 is 5.91 Å². The summed E-state index contributed by atoms with van der Waals surface area (Å²) in [7, 11) is 0. The molecule has 0 aliphatic carbocycles. The summed E-state index contributed by atoms with van der Waals surface area (Å²) < 4.78 is 1.45. The third-order valence-corrected chi connectivity index (χ3v) is 3.34. The first-order valence-electron chi connectivity index (χ1n) is 7.45. The summed E-state index contributed by atoms with van der Waals surface area (Å²) >= 11 is 0. The van der Waals surface area contributed by atoms with E-state index < -0.39 is 0 Å². The molecule has 1 heterocycles. The van der Waals surface area contributed by atoms with Crippen LogP contribution in [0.25, 0.3) is 0 Å². The number of hydrogen-bond donors (Lipinski definition) is 1. The van der Waals surface area contributed by atoms with Gasteiger partial charge in [-0.05, 0) is 24.7 Å². The van der Waals surface area contributed by atoms with Crippen LogP contribution in [0.5, 0.6) is 0 Å². The lowest BCUT2D eigenvalue weighted by molar-refractivity contribution is -0.638. The molecule has 20 heavy (non-hydrogen) atoms. The summed E-state index contributed by atoms with van der Waals surface area (Å²) in [6.07, 6.45) is 5.48. The van der Waals surface area contributed by atoms with Gasteiger partial charge in [-0.25, -0.2) is 5.84 Å². The van der Waals surface area contributed by atoms with E-state index in [-0.39, 0.29) is 5.91 Å². The summed E-state index contributed by atoms with van der Waals surface area (Å²) in [5, 5.41) is 0. The molecule has 0 unspecified atom stereocenters. The van der Waals surface area contributed by atoms with Crippen molar-refractivity contribution in [3.05, 3.63) is 30.1 Å². The molecule has 0 aliphatic rings. The van der Waals surface area contributed by atoms with E-state index >= 15 is 0 Å². The molecule has 2 N–H and O–H groups in total. The Kier molecular flexibility index (Phi) is 6.49. The van der Waals surface area contributed by atoms with Gasteiger partial charge < -0.3 is 4.90 Å². The lowest BCUT2D eigenvalue weighted by Crippen LogP contribution is -2.43. The fraction of sp³-hybridized carbons (Fsp3) is 0.625. The molecule has 0 fully saturated rings. The molecule has 4 heteroatoms. The van der Waals surface area contributed by atoms with Crippen molar-refractivity contribution in [3.8, 4) is 0 Å². The van der Waals surface area contributed by atoms with Crippen molar-refractivity contribution in [2.45, 2.75) is 40.5 Å². The topological polar surface area (TPSA) is 50.2 Å². The monoisotopic (exact) mass is 278 g/mol. The number of amides is 1. The smallest absolute Gasteiger partial charge is 0.254 e. The number of nitrogen functional groups attached to an aromatic ring is 1. The minimum atomic E-state index is 0.104. The van der Waals surface area contributed by atoms with Crippen LogP contribution >= 0.6 is 0 Å². The Balaban J connectivity index is 2.74. The molecule has 1 rings (SSSR count). The Morgan fingerprint density at radius 2 is 1.55 bits per heavy atom. The molecule has 0 aliphatic heterocycles. The van der Waals surface area contributed by atoms with Crippen LogP contribution in [-0.4, -0.2) is 23.9 Å². The van der Waals surface area contributed by atoms with Gasteiger partial charge in [-0.1, -0.05) is 32.4 Å². The van der Waals surface area contributed by atoms with Gasteiger partial charge in [-0.3, -0.25) is 4.79 Å². The molecule has 4 nitrogen and oxygen atoms in total. The van der Waals surface area contributed by atoms with E-state index in [9.17, 15) is 4.79 Å². The van der Waals surface area contributed by atoms with E-state index in [4.69, 9.17) is 5.84 Å². The molecular weight excluding hydrogens is 250 g/mol. The number of hydrogen-bond acceptors (Lipinski definition) is 2. The number of carbonyl (C=O) groups is 1. The quantitative estimate of drug-likeness (QED) is 0.614. The van der Waals surface area contributed by atoms with Gasteiger partial charge in [-0.15, -0.1) is 0 Å². The molecule has 1 amide bonds. The molecule has 1 aromatic rings. The summed E-state index contributed by atoms with van der Waals surface area (Å²) in [5.41, 5.74) is 0.708. The van der Waals surface area contributed by atoms with Crippen LogP contribution in [0.2, 0.25) is 0 Å². The molecule has 0 spiro atoms. The van der Waals surface area contributed by atoms with Gasteiger partial charge in [0.1, 0.15) is 0 Å². The zero-order chi connectivity index (χ0) is 15.1. The van der Waals surface area contributed by atoms with Crippen LogP contribution in [0.3, 0.4) is 0 Å². The molecule has 0 radical (unpaired) electrons. The Morgan fingerprint density at radius 1 is 1.10 bits per heavy atom. The van der Waals surface area contributed by atoms with Gasteiger partial charge in [0.15, 0.2) is 12.4 Å². The van der Waals surface area contributed by atoms with E-state index in [1.165, 1.54) is 4.68 Å². The summed E-state index contributed by atoms with van der Waals surface area (Å²) in [6.45, 7) is 10.4. The first kappa shape index (κ1) is 16.5. The van der Waals surface area contributed by atoms with Crippen molar-refractivity contribution in [1.29, 1.82) is 0 Å². The molecular formula is C16H28N3O+. The Labute approximate surface area is 122 Å². The highest BCUT2D eigenvalue weighted by atomic mass is 16.2. The normalized spacial score (nSPS) is 11.1. The molecule has 0 saturated carbocycles. The zero-order valence-electron chi connectivity index (χ0n) is 13.2. The van der Waals surface area contributed by atoms with Crippen molar-refractivity contribution in [1.82, 2.24) is 4.90 Å². The van der Waals surface area contributed by atoms with Crippen LogP contribution in [0, 0.1) is 11.8 Å². The van der Waals surface area contributed by atoms with Gasteiger partial charge in [0.2, 0.25) is 0 Å². The fourth-order valence-corrected chi connectivity index (χ4v) is 1.91. The van der Waals surface area contributed by atoms with Gasteiger partial charge >= 0.3 is 0 Å². The third-order valence-electron chi connectivity index (χ3n) is 3.34. The summed E-state index contributed by atoms with van der Waals surface area (Å²) in [5.74, 6) is 6.90. The highest BCUT2D eigenvalue weighted by Gasteiger charge is 2.17. The molecule has 0 atom stereocenters. The molecule has 0 saturated heterocycles. The maximum absolute atomic E-state index is 12.6. The van der Waals surface area contributed by atoms with Crippen molar-refractivity contribution < 1.29 is 9.47 Å². The minimum absolute atomic E-state index is 0.104. The maximum Gasteiger partial charge on any atom is 0.254 e. The van der Waals surface area contributed by atoms with Crippen LogP contribution < -0.4 is 10.5 Å². The predicted molar refractivity (Wildman–Crippen MR) is 81.6 cm³/mol. The second kappa shape index (κ2) is 7.88. The molecule has 0 aromatic carbocycles. The van der Waals surface area contributed by atoms with Crippen molar-refractivity contribution in [2.24, 2.45) is 11.8 Å². The largest absolute Gasteiger partial charge is 0.339 e. The van der Waals surface area contributed by atoms with Crippen molar-refractivity contribution in [3.63, 3.8) is 0 Å². The van der Waals surface area contributed by atoms with Crippen LogP contribution in [-0.2, 0) is 0 Å². The standard InChI is InChI=1S/C16H27N3O/c1-13(2)5-9-18(10-6-14(3)4)16(20)15-7-11-19(17)12-8-15/h7-8,11-14H,5-6,9-10H2,1-4H3,(H-,17,20)/p+1. The Bertz CT molecular complexity index is 400. The zero-order valence-corrected chi connectivity index (χ0v) is 13.2. The SMILES string of the molecule is CC(C)CCN(CCC(C)C)C(=O)c1cc[n+](N)cc1. The van der Waals surface area contributed by atoms with Gasteiger partial charge in [0.25, 0.3) is 5.91 Å². The minimum Gasteiger partial charge on any atom is -0.339 e. The molecule has 0 bridgehead atoms. The van der Waals surface area contributed by atoms with E-state index in [1.807, 2.05) is 4.90 Å². The highest BCUT2D eigenvalue weighted by Crippen LogP contribution is 2.10. The fourth-order valence-electron chi connectivity index (χ4n) is 1.91. The van der Waals surface area contributed by atoms with E-state index in [0.29, 0.717) is 17.4 Å². The number of rotatable bonds is 7. The third kappa shape index (κ3) is 5.59. The molecule has 1 aromatic heterocycles. The van der Waals surface area contributed by atoms with Gasteiger partial charge in [-0.2, -0.15) is 0 Å². The predicted octanol–water partition coefficient (Wildman–Crippen LogP) is 2.22. The Morgan fingerprint density at radius 3 is 1.95 bits per heavy atom. The maximum atomic E-state index is 12.6. The van der Waals surface area contributed by atoms with Crippen LogP contribution in [0.1, 0.15) is 50.9 Å². The van der Waals surface area contributed by atoms with Gasteiger partial charge in [0, 0.05) is 25.2 Å². The van der Waals surface area contributed by atoms with Crippen LogP contribution in [0.15, 0.2) is 24.5 Å². The Hall–Kier alpha value is -1.58. The second-order valence-corrected chi connectivity index (χ2v) is 6.19. The number of aromatic nitrogens is 1. The summed E-state index contributed by atoms with van der Waals surface area (Å²) in [4.78, 5) is 14.5. The van der Waals surface area contributed by atoms with Gasteiger partial charge in [0.05, 0.1) is 5.56 Å². The number of nitrogens with zero attached hydrogens (tertiary/aromatic N) is 2. The summed E-state index contributed by atoms with van der Waals surface area (Å²) in [6, 6.07) is 3.56. The van der Waals surface area contributed by atoms with E-state index in [1.54, 1.807) is 24.5 Å². The number of pyridine rings is 1. The average Bonchev–Trinajstić information content (AvgIpc) is 2.38. The van der Waals surface area contributed by atoms with E-state index in [2.05, 4.69) is 27.7 Å². The number of carbonyl (C=O) groups excluding carboxylic acids is 1. The number of nitrogens with two attached hydrogens (primary N) is 1.